The van der Waals surface area contributed by atoms with E-state index in [2.05, 4.69) is 20.8 Å². The smallest absolute Gasteiger partial charge is 0.241 e. The molecule has 3 aromatic rings. The van der Waals surface area contributed by atoms with Crippen molar-refractivity contribution in [1.29, 1.82) is 0 Å². The number of benzene rings is 2. The van der Waals surface area contributed by atoms with Gasteiger partial charge in [-0.25, -0.2) is 10.1 Å². The minimum Gasteiger partial charge on any atom is -0.273 e. The number of fused-ring (bicyclic) bond motifs is 1. The molecule has 0 saturated carbocycles. The highest BCUT2D eigenvalue weighted by molar-refractivity contribution is 5.99. The van der Waals surface area contributed by atoms with Crippen LogP contribution in [0.15, 0.2) is 53.6 Å². The zero-order chi connectivity index (χ0) is 16.9. The molecule has 1 amide bonds. The Labute approximate surface area is 140 Å². The van der Waals surface area contributed by atoms with Gasteiger partial charge in [0.25, 0.3) is 0 Å². The first kappa shape index (κ1) is 15.9. The van der Waals surface area contributed by atoms with Crippen LogP contribution in [0.4, 0.5) is 0 Å². The van der Waals surface area contributed by atoms with Crippen molar-refractivity contribution in [2.24, 2.45) is 5.10 Å². The number of aromatic nitrogens is 3. The normalized spacial score (nSPS) is 11.7. The van der Waals surface area contributed by atoms with E-state index in [0.717, 1.165) is 22.3 Å². The first-order valence-electron chi connectivity index (χ1n) is 7.82. The molecular weight excluding hydrogens is 302 g/mol. The molecule has 6 heteroatoms. The van der Waals surface area contributed by atoms with Gasteiger partial charge in [-0.15, -0.1) is 5.10 Å². The number of para-hydroxylation sites is 1. The van der Waals surface area contributed by atoms with Gasteiger partial charge in [0.15, 0.2) is 0 Å². The summed E-state index contributed by atoms with van der Waals surface area (Å²) >= 11 is 0. The van der Waals surface area contributed by atoms with Gasteiger partial charge < -0.3 is 0 Å². The number of carbonyl (C=O) groups is 1. The lowest BCUT2D eigenvalue weighted by atomic mass is 10.1. The number of hydrazone groups is 1. The standard InChI is InChI=1S/C18H19N5O/c1-13-7-9-15(10-8-13)14(2)19-21-18(24)11-12-23-17-6-4-3-5-16(17)20-22-23/h3-10H,11-12H2,1-2H3,(H,21,24). The second-order valence-corrected chi connectivity index (χ2v) is 5.65. The maximum Gasteiger partial charge on any atom is 0.241 e. The lowest BCUT2D eigenvalue weighted by Gasteiger charge is -2.04. The van der Waals surface area contributed by atoms with Crippen LogP contribution in [0.1, 0.15) is 24.5 Å². The molecule has 1 aromatic heterocycles. The maximum absolute atomic E-state index is 12.0. The van der Waals surface area contributed by atoms with Crippen molar-refractivity contribution in [2.45, 2.75) is 26.8 Å². The van der Waals surface area contributed by atoms with Crippen LogP contribution in [-0.4, -0.2) is 26.6 Å². The van der Waals surface area contributed by atoms with E-state index in [-0.39, 0.29) is 12.3 Å². The van der Waals surface area contributed by atoms with Gasteiger partial charge in [-0.05, 0) is 31.5 Å². The molecule has 122 valence electrons. The fraction of sp³-hybridized carbons (Fsp3) is 0.222. The van der Waals surface area contributed by atoms with Crippen molar-refractivity contribution < 1.29 is 4.79 Å². The van der Waals surface area contributed by atoms with E-state index in [1.165, 1.54) is 5.56 Å². The van der Waals surface area contributed by atoms with E-state index < -0.39 is 0 Å². The molecule has 24 heavy (non-hydrogen) atoms. The molecule has 0 fully saturated rings. The molecule has 0 unspecified atom stereocenters. The topological polar surface area (TPSA) is 72.2 Å². The molecule has 3 rings (SSSR count). The predicted octanol–water partition coefficient (Wildman–Crippen LogP) is 2.67. The first-order chi connectivity index (χ1) is 11.6. The van der Waals surface area contributed by atoms with E-state index in [1.807, 2.05) is 62.4 Å². The second kappa shape index (κ2) is 7.04. The molecular formula is C18H19N5O. The van der Waals surface area contributed by atoms with Gasteiger partial charge >= 0.3 is 0 Å². The highest BCUT2D eigenvalue weighted by atomic mass is 16.2. The van der Waals surface area contributed by atoms with Crippen molar-refractivity contribution >= 4 is 22.7 Å². The first-order valence-corrected chi connectivity index (χ1v) is 7.82. The Morgan fingerprint density at radius 1 is 1.17 bits per heavy atom. The van der Waals surface area contributed by atoms with Crippen LogP contribution in [0.2, 0.25) is 0 Å². The minimum atomic E-state index is -0.152. The van der Waals surface area contributed by atoms with Gasteiger partial charge in [-0.1, -0.05) is 47.2 Å². The number of amides is 1. The third kappa shape index (κ3) is 3.65. The Hall–Kier alpha value is -3.02. The Balaban J connectivity index is 1.57. The monoisotopic (exact) mass is 321 g/mol. The quantitative estimate of drug-likeness (QED) is 0.580. The van der Waals surface area contributed by atoms with Crippen LogP contribution in [0.25, 0.3) is 11.0 Å². The molecule has 1 N–H and O–H groups in total. The predicted molar refractivity (Wildman–Crippen MR) is 93.7 cm³/mol. The molecule has 0 spiro atoms. The van der Waals surface area contributed by atoms with Gasteiger partial charge in [0.2, 0.25) is 5.91 Å². The highest BCUT2D eigenvalue weighted by Crippen LogP contribution is 2.10. The second-order valence-electron chi connectivity index (χ2n) is 5.65. The summed E-state index contributed by atoms with van der Waals surface area (Å²) in [6.07, 6.45) is 0.290. The maximum atomic E-state index is 12.0. The zero-order valence-electron chi connectivity index (χ0n) is 13.7. The van der Waals surface area contributed by atoms with Crippen LogP contribution in [0.5, 0.6) is 0 Å². The van der Waals surface area contributed by atoms with Crippen molar-refractivity contribution in [1.82, 2.24) is 20.4 Å². The van der Waals surface area contributed by atoms with Gasteiger partial charge in [0.05, 0.1) is 17.8 Å². The van der Waals surface area contributed by atoms with Crippen LogP contribution >= 0.6 is 0 Å². The van der Waals surface area contributed by atoms with E-state index in [9.17, 15) is 4.79 Å². The SMILES string of the molecule is CC(=NNC(=O)CCn1nnc2ccccc21)c1ccc(C)cc1. The molecule has 0 aliphatic rings. The molecule has 0 saturated heterocycles. The molecule has 1 heterocycles. The summed E-state index contributed by atoms with van der Waals surface area (Å²) in [5, 5.41) is 12.3. The number of nitrogens with zero attached hydrogens (tertiary/aromatic N) is 4. The largest absolute Gasteiger partial charge is 0.273 e. The van der Waals surface area contributed by atoms with Crippen molar-refractivity contribution in [3.8, 4) is 0 Å². The molecule has 2 aromatic carbocycles. The number of rotatable bonds is 5. The van der Waals surface area contributed by atoms with Crippen molar-refractivity contribution in [3.63, 3.8) is 0 Å². The zero-order valence-corrected chi connectivity index (χ0v) is 13.7. The summed E-state index contributed by atoms with van der Waals surface area (Å²) in [5.74, 6) is -0.152. The summed E-state index contributed by atoms with van der Waals surface area (Å²) < 4.78 is 1.73. The summed E-state index contributed by atoms with van der Waals surface area (Å²) in [4.78, 5) is 12.0. The fourth-order valence-electron chi connectivity index (χ4n) is 2.35. The third-order valence-electron chi connectivity index (χ3n) is 3.79. The molecule has 0 bridgehead atoms. The van der Waals surface area contributed by atoms with E-state index >= 15 is 0 Å². The number of carbonyl (C=O) groups excluding carboxylic acids is 1. The summed E-state index contributed by atoms with van der Waals surface area (Å²) in [5.41, 5.74) is 7.29. The van der Waals surface area contributed by atoms with Crippen molar-refractivity contribution in [2.75, 3.05) is 0 Å². The van der Waals surface area contributed by atoms with E-state index in [0.29, 0.717) is 6.54 Å². The average Bonchev–Trinajstić information content (AvgIpc) is 3.01. The molecule has 6 nitrogen and oxygen atoms in total. The Morgan fingerprint density at radius 3 is 2.71 bits per heavy atom. The number of nitrogens with one attached hydrogen (secondary N) is 1. The Kier molecular flexibility index (Phi) is 4.65. The molecule has 0 aliphatic carbocycles. The van der Waals surface area contributed by atoms with Gasteiger partial charge in [0, 0.05) is 6.42 Å². The average molecular weight is 321 g/mol. The van der Waals surface area contributed by atoms with Crippen molar-refractivity contribution in [3.05, 3.63) is 59.7 Å². The Morgan fingerprint density at radius 2 is 1.92 bits per heavy atom. The van der Waals surface area contributed by atoms with Gasteiger partial charge in [0.1, 0.15) is 5.52 Å². The number of aryl methyl sites for hydroxylation is 2. The molecule has 0 atom stereocenters. The number of hydrogen-bond donors (Lipinski definition) is 1. The van der Waals surface area contributed by atoms with Gasteiger partial charge in [-0.2, -0.15) is 5.10 Å². The van der Waals surface area contributed by atoms with Crippen LogP contribution in [0, 0.1) is 6.92 Å². The van der Waals surface area contributed by atoms with Gasteiger partial charge in [-0.3, -0.25) is 4.79 Å². The fourth-order valence-corrected chi connectivity index (χ4v) is 2.35. The van der Waals surface area contributed by atoms with Crippen LogP contribution in [-0.2, 0) is 11.3 Å². The lowest BCUT2D eigenvalue weighted by Crippen LogP contribution is -2.21. The highest BCUT2D eigenvalue weighted by Gasteiger charge is 2.06. The lowest BCUT2D eigenvalue weighted by molar-refractivity contribution is -0.121. The minimum absolute atomic E-state index is 0.152. The summed E-state index contributed by atoms with van der Waals surface area (Å²) in [7, 11) is 0. The summed E-state index contributed by atoms with van der Waals surface area (Å²) in [6, 6.07) is 15.7. The Bertz CT molecular complexity index is 880. The summed E-state index contributed by atoms with van der Waals surface area (Å²) in [6.45, 7) is 4.37. The van der Waals surface area contributed by atoms with Crippen LogP contribution < -0.4 is 5.43 Å². The van der Waals surface area contributed by atoms with Crippen LogP contribution in [0.3, 0.4) is 0 Å². The van der Waals surface area contributed by atoms with E-state index in [1.54, 1.807) is 4.68 Å². The third-order valence-corrected chi connectivity index (χ3v) is 3.79. The molecule has 0 radical (unpaired) electrons. The number of hydrogen-bond acceptors (Lipinski definition) is 4. The van der Waals surface area contributed by atoms with E-state index in [4.69, 9.17) is 0 Å². The molecule has 0 aliphatic heterocycles.